The maximum absolute atomic E-state index is 11.9. The summed E-state index contributed by atoms with van der Waals surface area (Å²) in [6.45, 7) is 2.62. The zero-order chi connectivity index (χ0) is 14.0. The summed E-state index contributed by atoms with van der Waals surface area (Å²) in [4.78, 5) is 12.7. The van der Waals surface area contributed by atoms with E-state index in [0.717, 1.165) is 23.3 Å². The van der Waals surface area contributed by atoms with Gasteiger partial charge in [0, 0.05) is 35.6 Å². The summed E-state index contributed by atoms with van der Waals surface area (Å²) < 4.78 is 23.8. The molecule has 0 spiro atoms. The first-order chi connectivity index (χ1) is 8.93. The molecule has 4 nitrogen and oxygen atoms in total. The van der Waals surface area contributed by atoms with Crippen LogP contribution in [0.5, 0.6) is 0 Å². The Morgan fingerprint density at radius 1 is 1.42 bits per heavy atom. The molecule has 0 radical (unpaired) electrons. The third kappa shape index (κ3) is 3.12. The fourth-order valence-electron chi connectivity index (χ4n) is 2.29. The van der Waals surface area contributed by atoms with Crippen molar-refractivity contribution in [3.63, 3.8) is 0 Å². The molecule has 1 unspecified atom stereocenters. The van der Waals surface area contributed by atoms with Crippen LogP contribution in [0.15, 0.2) is 18.2 Å². The van der Waals surface area contributed by atoms with Crippen LogP contribution in [0.3, 0.4) is 0 Å². The Kier molecular flexibility index (Phi) is 4.20. The monoisotopic (exact) mass is 299 g/mol. The van der Waals surface area contributed by atoms with Crippen LogP contribution in [0.4, 0.5) is 5.69 Å². The molecule has 1 heterocycles. The molecular weight excluding hydrogens is 282 g/mol. The number of benzene rings is 1. The molecular formula is C13H17NO3S2. The predicted molar refractivity (Wildman–Crippen MR) is 79.9 cm³/mol. The molecule has 1 saturated heterocycles. The van der Waals surface area contributed by atoms with E-state index in [4.69, 9.17) is 0 Å². The Bertz CT molecular complexity index is 584. The van der Waals surface area contributed by atoms with E-state index in [9.17, 15) is 13.2 Å². The van der Waals surface area contributed by atoms with Gasteiger partial charge in [-0.05, 0) is 30.7 Å². The lowest BCUT2D eigenvalue weighted by atomic mass is 10.1. The van der Waals surface area contributed by atoms with Crippen molar-refractivity contribution < 1.29 is 13.2 Å². The highest BCUT2D eigenvalue weighted by Crippen LogP contribution is 2.29. The Morgan fingerprint density at radius 3 is 2.74 bits per heavy atom. The first kappa shape index (κ1) is 14.4. The molecule has 6 heteroatoms. The standard InChI is InChI=1S/C13H17NO3S2/c1-10-7-11(8-15)3-4-12(10)14-5-6-18-9-13(14)19(2,16)17/h3-4,7-8,13H,5-6,9H2,1-2H3. The highest BCUT2D eigenvalue weighted by atomic mass is 32.2. The average Bonchev–Trinajstić information content (AvgIpc) is 2.37. The minimum atomic E-state index is -3.12. The van der Waals surface area contributed by atoms with Gasteiger partial charge in [0.25, 0.3) is 0 Å². The minimum Gasteiger partial charge on any atom is -0.353 e. The molecule has 1 aromatic rings. The van der Waals surface area contributed by atoms with Crippen molar-refractivity contribution in [2.24, 2.45) is 0 Å². The van der Waals surface area contributed by atoms with E-state index < -0.39 is 15.2 Å². The van der Waals surface area contributed by atoms with Gasteiger partial charge in [0.05, 0.1) is 0 Å². The highest BCUT2D eigenvalue weighted by molar-refractivity contribution is 8.01. The minimum absolute atomic E-state index is 0.480. The fraction of sp³-hybridized carbons (Fsp3) is 0.462. The predicted octanol–water partition coefficient (Wildman–Crippen LogP) is 1.73. The molecule has 0 N–H and O–H groups in total. The van der Waals surface area contributed by atoms with Gasteiger partial charge in [-0.3, -0.25) is 4.79 Å². The van der Waals surface area contributed by atoms with E-state index >= 15 is 0 Å². The highest BCUT2D eigenvalue weighted by Gasteiger charge is 2.31. The van der Waals surface area contributed by atoms with Crippen molar-refractivity contribution in [2.45, 2.75) is 12.3 Å². The van der Waals surface area contributed by atoms with Gasteiger partial charge in [0.2, 0.25) is 0 Å². The van der Waals surface area contributed by atoms with E-state index in [-0.39, 0.29) is 0 Å². The fourth-order valence-corrected chi connectivity index (χ4v) is 5.12. The van der Waals surface area contributed by atoms with Crippen molar-refractivity contribution in [1.29, 1.82) is 0 Å². The van der Waals surface area contributed by atoms with Gasteiger partial charge in [-0.2, -0.15) is 11.8 Å². The number of hydrogen-bond acceptors (Lipinski definition) is 5. The summed E-state index contributed by atoms with van der Waals surface area (Å²) in [5, 5.41) is -0.480. The zero-order valence-electron chi connectivity index (χ0n) is 11.0. The van der Waals surface area contributed by atoms with Gasteiger partial charge in [-0.25, -0.2) is 8.42 Å². The summed E-state index contributed by atoms with van der Waals surface area (Å²) in [7, 11) is -3.12. The van der Waals surface area contributed by atoms with Crippen LogP contribution in [-0.4, -0.2) is 44.4 Å². The van der Waals surface area contributed by atoms with Crippen LogP contribution in [0.25, 0.3) is 0 Å². The molecule has 2 rings (SSSR count). The average molecular weight is 299 g/mol. The van der Waals surface area contributed by atoms with Gasteiger partial charge >= 0.3 is 0 Å². The van der Waals surface area contributed by atoms with Crippen LogP contribution >= 0.6 is 11.8 Å². The van der Waals surface area contributed by atoms with Gasteiger partial charge in [-0.1, -0.05) is 0 Å². The smallest absolute Gasteiger partial charge is 0.169 e. The van der Waals surface area contributed by atoms with Crippen LogP contribution in [0.1, 0.15) is 15.9 Å². The van der Waals surface area contributed by atoms with Crippen molar-refractivity contribution >= 4 is 33.6 Å². The van der Waals surface area contributed by atoms with E-state index in [2.05, 4.69) is 0 Å². The first-order valence-corrected chi connectivity index (χ1v) is 9.13. The van der Waals surface area contributed by atoms with Crippen LogP contribution < -0.4 is 4.90 Å². The van der Waals surface area contributed by atoms with E-state index in [1.54, 1.807) is 23.9 Å². The topological polar surface area (TPSA) is 54.5 Å². The van der Waals surface area contributed by atoms with Crippen LogP contribution in [0, 0.1) is 6.92 Å². The first-order valence-electron chi connectivity index (χ1n) is 6.02. The molecule has 0 bridgehead atoms. The number of thioether (sulfide) groups is 1. The Hall–Kier alpha value is -1.01. The van der Waals surface area contributed by atoms with Crippen molar-refractivity contribution in [2.75, 3.05) is 29.2 Å². The second kappa shape index (κ2) is 5.54. The van der Waals surface area contributed by atoms with Gasteiger partial charge < -0.3 is 4.90 Å². The van der Waals surface area contributed by atoms with Crippen molar-refractivity contribution in [1.82, 2.24) is 0 Å². The third-order valence-electron chi connectivity index (χ3n) is 3.25. The molecule has 1 atom stereocenters. The molecule has 1 aliphatic heterocycles. The van der Waals surface area contributed by atoms with Crippen LogP contribution in [-0.2, 0) is 9.84 Å². The number of rotatable bonds is 3. The summed E-state index contributed by atoms with van der Waals surface area (Å²) >= 11 is 1.66. The zero-order valence-corrected chi connectivity index (χ0v) is 12.6. The van der Waals surface area contributed by atoms with E-state index in [1.807, 2.05) is 17.9 Å². The summed E-state index contributed by atoms with van der Waals surface area (Å²) in [6, 6.07) is 5.37. The van der Waals surface area contributed by atoms with Crippen molar-refractivity contribution in [3.05, 3.63) is 29.3 Å². The lowest BCUT2D eigenvalue weighted by Crippen LogP contribution is -2.47. The molecule has 1 aliphatic rings. The molecule has 0 aromatic heterocycles. The Balaban J connectivity index is 2.40. The van der Waals surface area contributed by atoms with Gasteiger partial charge in [0.15, 0.2) is 9.84 Å². The molecule has 19 heavy (non-hydrogen) atoms. The molecule has 104 valence electrons. The summed E-state index contributed by atoms with van der Waals surface area (Å²) in [6.07, 6.45) is 2.09. The van der Waals surface area contributed by atoms with E-state index in [1.165, 1.54) is 6.26 Å². The lowest BCUT2D eigenvalue weighted by molar-refractivity contribution is 0.112. The molecule has 1 aromatic carbocycles. The maximum atomic E-state index is 11.9. The quantitative estimate of drug-likeness (QED) is 0.796. The molecule has 0 saturated carbocycles. The number of aldehydes is 1. The second-order valence-corrected chi connectivity index (χ2v) is 8.07. The van der Waals surface area contributed by atoms with E-state index in [0.29, 0.717) is 17.9 Å². The summed E-state index contributed by atoms with van der Waals surface area (Å²) in [5.41, 5.74) is 2.45. The third-order valence-corrected chi connectivity index (χ3v) is 5.89. The van der Waals surface area contributed by atoms with Crippen molar-refractivity contribution in [3.8, 4) is 0 Å². The van der Waals surface area contributed by atoms with Gasteiger partial charge in [-0.15, -0.1) is 0 Å². The number of carbonyl (C=O) groups is 1. The Morgan fingerprint density at radius 2 is 2.16 bits per heavy atom. The summed E-state index contributed by atoms with van der Waals surface area (Å²) in [5.74, 6) is 1.51. The number of aryl methyl sites for hydroxylation is 1. The van der Waals surface area contributed by atoms with Crippen LogP contribution in [0.2, 0.25) is 0 Å². The largest absolute Gasteiger partial charge is 0.353 e. The normalized spacial score (nSPS) is 20.3. The maximum Gasteiger partial charge on any atom is 0.169 e. The SMILES string of the molecule is Cc1cc(C=O)ccc1N1CCSCC1S(C)(=O)=O. The Labute approximate surface area is 118 Å². The molecule has 0 aliphatic carbocycles. The number of nitrogens with zero attached hydrogens (tertiary/aromatic N) is 1. The number of anilines is 1. The molecule has 1 fully saturated rings. The second-order valence-electron chi connectivity index (χ2n) is 4.72. The number of sulfone groups is 1. The van der Waals surface area contributed by atoms with Gasteiger partial charge in [0.1, 0.15) is 11.7 Å². The molecule has 0 amide bonds. The lowest BCUT2D eigenvalue weighted by Gasteiger charge is -2.36. The number of carbonyl (C=O) groups excluding carboxylic acids is 1. The number of hydrogen-bond donors (Lipinski definition) is 0.